The predicted molar refractivity (Wildman–Crippen MR) is 87.8 cm³/mol. The van der Waals surface area contributed by atoms with Crippen LogP contribution in [0.15, 0.2) is 24.3 Å². The molecule has 2 aromatic carbocycles. The normalized spacial score (nSPS) is 9.90. The Morgan fingerprint density at radius 2 is 0.800 bits per heavy atom. The maximum Gasteiger partial charge on any atom is 0.0373 e. The third-order valence-corrected chi connectivity index (χ3v) is 3.52. The molecule has 0 aliphatic rings. The van der Waals surface area contributed by atoms with Gasteiger partial charge in [-0.25, -0.2) is 0 Å². The van der Waals surface area contributed by atoms with Crippen LogP contribution >= 0.6 is 0 Å². The van der Waals surface area contributed by atoms with E-state index in [0.717, 1.165) is 40.7 Å². The Morgan fingerprint density at radius 3 is 1.00 bits per heavy atom. The molecule has 0 atom stereocenters. The van der Waals surface area contributed by atoms with E-state index in [-0.39, 0.29) is 0 Å². The third kappa shape index (κ3) is 3.11. The van der Waals surface area contributed by atoms with Gasteiger partial charge in [0.1, 0.15) is 0 Å². The summed E-state index contributed by atoms with van der Waals surface area (Å²) in [6.07, 6.45) is 0. The smallest absolute Gasteiger partial charge is 0.0373 e. The standard InChI is InChI=1S/C16H20N2.CH4O/c1-9-5-13(6-10(2)15(9)17)14-7-11(3)16(18)12(4)8-14;1-2/h5-8H,17-18H2,1-4H3;2H,1H3. The molecule has 0 saturated heterocycles. The highest BCUT2D eigenvalue weighted by molar-refractivity contribution is 5.73. The van der Waals surface area contributed by atoms with Gasteiger partial charge in [0.05, 0.1) is 0 Å². The SMILES string of the molecule is CO.Cc1cc(-c2cc(C)c(N)c(C)c2)cc(C)c1N. The number of aliphatic hydroxyl groups excluding tert-OH is 1. The number of nitrogen functional groups attached to an aromatic ring is 2. The van der Waals surface area contributed by atoms with Crippen molar-refractivity contribution in [1.29, 1.82) is 0 Å². The fourth-order valence-electron chi connectivity index (χ4n) is 2.28. The summed E-state index contributed by atoms with van der Waals surface area (Å²) < 4.78 is 0. The zero-order valence-electron chi connectivity index (χ0n) is 12.9. The van der Waals surface area contributed by atoms with E-state index >= 15 is 0 Å². The van der Waals surface area contributed by atoms with Crippen molar-refractivity contribution in [2.24, 2.45) is 0 Å². The van der Waals surface area contributed by atoms with Crippen molar-refractivity contribution in [3.05, 3.63) is 46.5 Å². The highest BCUT2D eigenvalue weighted by Gasteiger charge is 2.07. The summed E-state index contributed by atoms with van der Waals surface area (Å²) in [6.45, 7) is 8.18. The largest absolute Gasteiger partial charge is 0.400 e. The average molecular weight is 272 g/mol. The van der Waals surface area contributed by atoms with Crippen LogP contribution in [0.3, 0.4) is 0 Å². The van der Waals surface area contributed by atoms with Crippen LogP contribution in [-0.4, -0.2) is 12.2 Å². The number of hydrogen-bond acceptors (Lipinski definition) is 3. The zero-order chi connectivity index (χ0) is 15.4. The summed E-state index contributed by atoms with van der Waals surface area (Å²) in [4.78, 5) is 0. The van der Waals surface area contributed by atoms with Crippen LogP contribution in [0.25, 0.3) is 11.1 Å². The van der Waals surface area contributed by atoms with Crippen molar-refractivity contribution in [3.8, 4) is 11.1 Å². The summed E-state index contributed by atoms with van der Waals surface area (Å²) >= 11 is 0. The molecule has 0 unspecified atom stereocenters. The molecule has 20 heavy (non-hydrogen) atoms. The van der Waals surface area contributed by atoms with E-state index in [0.29, 0.717) is 0 Å². The summed E-state index contributed by atoms with van der Waals surface area (Å²) in [5.41, 5.74) is 20.6. The summed E-state index contributed by atoms with van der Waals surface area (Å²) in [6, 6.07) is 8.53. The molecule has 3 nitrogen and oxygen atoms in total. The highest BCUT2D eigenvalue weighted by atomic mass is 16.2. The molecule has 108 valence electrons. The first kappa shape index (κ1) is 16.1. The minimum Gasteiger partial charge on any atom is -0.400 e. The molecule has 0 aliphatic heterocycles. The van der Waals surface area contributed by atoms with Gasteiger partial charge in [-0.1, -0.05) is 0 Å². The molecule has 0 fully saturated rings. The average Bonchev–Trinajstić information content (AvgIpc) is 2.43. The second kappa shape index (κ2) is 6.44. The fourth-order valence-corrected chi connectivity index (χ4v) is 2.28. The van der Waals surface area contributed by atoms with Gasteiger partial charge in [0.25, 0.3) is 0 Å². The van der Waals surface area contributed by atoms with Gasteiger partial charge in [0.2, 0.25) is 0 Å². The number of aryl methyl sites for hydroxylation is 4. The molecule has 0 heterocycles. The number of benzene rings is 2. The molecule has 0 aliphatic carbocycles. The first-order valence-electron chi connectivity index (χ1n) is 6.58. The van der Waals surface area contributed by atoms with E-state index in [1.807, 2.05) is 27.7 Å². The first-order valence-corrected chi connectivity index (χ1v) is 6.58. The number of anilines is 2. The van der Waals surface area contributed by atoms with Crippen LogP contribution in [-0.2, 0) is 0 Å². The number of rotatable bonds is 1. The van der Waals surface area contributed by atoms with Crippen molar-refractivity contribution >= 4 is 11.4 Å². The second-order valence-corrected chi connectivity index (χ2v) is 5.05. The Kier molecular flexibility index (Phi) is 5.17. The Labute approximate surface area is 121 Å². The quantitative estimate of drug-likeness (QED) is 0.697. The van der Waals surface area contributed by atoms with Gasteiger partial charge < -0.3 is 16.6 Å². The number of nitrogens with two attached hydrogens (primary N) is 2. The molecule has 0 bridgehead atoms. The third-order valence-electron chi connectivity index (χ3n) is 3.52. The van der Waals surface area contributed by atoms with E-state index in [1.54, 1.807) is 0 Å². The van der Waals surface area contributed by atoms with Crippen LogP contribution < -0.4 is 11.5 Å². The molecular weight excluding hydrogens is 248 g/mol. The molecule has 0 amide bonds. The Hall–Kier alpha value is -2.00. The lowest BCUT2D eigenvalue weighted by molar-refractivity contribution is 0.399. The molecule has 3 heteroatoms. The topological polar surface area (TPSA) is 72.3 Å². The first-order chi connectivity index (χ1) is 9.40. The van der Waals surface area contributed by atoms with Gasteiger partial charge in [0.15, 0.2) is 0 Å². The van der Waals surface area contributed by atoms with E-state index in [9.17, 15) is 0 Å². The van der Waals surface area contributed by atoms with Crippen LogP contribution in [0, 0.1) is 27.7 Å². The lowest BCUT2D eigenvalue weighted by Crippen LogP contribution is -1.97. The van der Waals surface area contributed by atoms with Gasteiger partial charge >= 0.3 is 0 Å². The second-order valence-electron chi connectivity index (χ2n) is 5.05. The van der Waals surface area contributed by atoms with Crippen molar-refractivity contribution < 1.29 is 5.11 Å². The van der Waals surface area contributed by atoms with E-state index in [4.69, 9.17) is 16.6 Å². The zero-order valence-corrected chi connectivity index (χ0v) is 12.9. The van der Waals surface area contributed by atoms with Crippen LogP contribution in [0.4, 0.5) is 11.4 Å². The summed E-state index contributed by atoms with van der Waals surface area (Å²) in [5.74, 6) is 0. The molecule has 0 radical (unpaired) electrons. The molecule has 0 spiro atoms. The lowest BCUT2D eigenvalue weighted by Gasteiger charge is -2.12. The van der Waals surface area contributed by atoms with Crippen LogP contribution in [0.5, 0.6) is 0 Å². The van der Waals surface area contributed by atoms with Crippen molar-refractivity contribution in [3.63, 3.8) is 0 Å². The highest BCUT2D eigenvalue weighted by Crippen LogP contribution is 2.30. The van der Waals surface area contributed by atoms with Crippen LogP contribution in [0.2, 0.25) is 0 Å². The summed E-state index contributed by atoms with van der Waals surface area (Å²) in [5, 5.41) is 7.00. The van der Waals surface area contributed by atoms with Gasteiger partial charge in [-0.2, -0.15) is 0 Å². The van der Waals surface area contributed by atoms with Crippen molar-refractivity contribution in [1.82, 2.24) is 0 Å². The van der Waals surface area contributed by atoms with Gasteiger partial charge in [-0.15, -0.1) is 0 Å². The van der Waals surface area contributed by atoms with Crippen molar-refractivity contribution in [2.45, 2.75) is 27.7 Å². The molecule has 2 aromatic rings. The van der Waals surface area contributed by atoms with Gasteiger partial charge in [-0.05, 0) is 85.3 Å². The van der Waals surface area contributed by atoms with Gasteiger partial charge in [-0.3, -0.25) is 0 Å². The molecule has 0 saturated carbocycles. The van der Waals surface area contributed by atoms with E-state index < -0.39 is 0 Å². The van der Waals surface area contributed by atoms with Crippen LogP contribution in [0.1, 0.15) is 22.3 Å². The Morgan fingerprint density at radius 1 is 0.600 bits per heavy atom. The molecular formula is C17H24N2O. The molecule has 5 N–H and O–H groups in total. The number of aliphatic hydroxyl groups is 1. The van der Waals surface area contributed by atoms with Crippen molar-refractivity contribution in [2.75, 3.05) is 18.6 Å². The van der Waals surface area contributed by atoms with E-state index in [1.165, 1.54) is 11.1 Å². The fraction of sp³-hybridized carbons (Fsp3) is 0.294. The number of hydrogen-bond donors (Lipinski definition) is 3. The molecule has 2 rings (SSSR count). The van der Waals surface area contributed by atoms with Gasteiger partial charge in [0, 0.05) is 18.5 Å². The Bertz CT molecular complexity index is 517. The minimum atomic E-state index is 0.877. The van der Waals surface area contributed by atoms with E-state index in [2.05, 4.69) is 24.3 Å². The lowest BCUT2D eigenvalue weighted by atomic mass is 9.95. The summed E-state index contributed by atoms with van der Waals surface area (Å²) in [7, 11) is 1.00. The maximum absolute atomic E-state index is 7.00. The Balaban J connectivity index is 0.000000956. The minimum absolute atomic E-state index is 0.877. The maximum atomic E-state index is 7.00. The monoisotopic (exact) mass is 272 g/mol. The predicted octanol–water partition coefficient (Wildman–Crippen LogP) is 3.36. The molecule has 0 aromatic heterocycles.